The van der Waals surface area contributed by atoms with Crippen molar-refractivity contribution >= 4 is 6.09 Å². The number of carbonyl (C=O) groups excluding carboxylic acids is 1. The van der Waals surface area contributed by atoms with Crippen molar-refractivity contribution in [1.82, 2.24) is 5.32 Å². The quantitative estimate of drug-likeness (QED) is 0.831. The van der Waals surface area contributed by atoms with Crippen LogP contribution in [0.4, 0.5) is 4.79 Å². The maximum Gasteiger partial charge on any atom is 0.407 e. The Morgan fingerprint density at radius 3 is 2.35 bits per heavy atom. The molecule has 2 aliphatic rings. The molecule has 0 saturated heterocycles. The number of carbonyl (C=O) groups is 1. The van der Waals surface area contributed by atoms with Gasteiger partial charge < -0.3 is 15.8 Å². The molecule has 4 nitrogen and oxygen atoms in total. The summed E-state index contributed by atoms with van der Waals surface area (Å²) >= 11 is 0. The van der Waals surface area contributed by atoms with E-state index < -0.39 is 5.60 Å². The largest absolute Gasteiger partial charge is 0.444 e. The van der Waals surface area contributed by atoms with Crippen LogP contribution in [0.15, 0.2) is 0 Å². The summed E-state index contributed by atoms with van der Waals surface area (Å²) < 4.78 is 5.30. The van der Waals surface area contributed by atoms with Crippen molar-refractivity contribution in [2.45, 2.75) is 89.3 Å². The zero-order chi connectivity index (χ0) is 14.8. The zero-order valence-electron chi connectivity index (χ0n) is 13.2. The third kappa shape index (κ3) is 5.31. The highest BCUT2D eigenvalue weighted by Gasteiger charge is 2.38. The fourth-order valence-corrected chi connectivity index (χ4v) is 2.97. The Morgan fingerprint density at radius 1 is 1.25 bits per heavy atom. The summed E-state index contributed by atoms with van der Waals surface area (Å²) in [5.41, 5.74) is 5.91. The van der Waals surface area contributed by atoms with Gasteiger partial charge in [-0.1, -0.05) is 0 Å². The van der Waals surface area contributed by atoms with E-state index in [1.165, 1.54) is 38.5 Å². The minimum atomic E-state index is -0.416. The molecule has 2 fully saturated rings. The van der Waals surface area contributed by atoms with Gasteiger partial charge in [-0.3, -0.25) is 0 Å². The van der Waals surface area contributed by atoms with Crippen LogP contribution in [0.2, 0.25) is 0 Å². The minimum Gasteiger partial charge on any atom is -0.444 e. The van der Waals surface area contributed by atoms with Crippen LogP contribution in [-0.2, 0) is 4.74 Å². The van der Waals surface area contributed by atoms with Crippen molar-refractivity contribution in [3.05, 3.63) is 0 Å². The van der Waals surface area contributed by atoms with Gasteiger partial charge in [0.15, 0.2) is 0 Å². The van der Waals surface area contributed by atoms with E-state index in [2.05, 4.69) is 5.32 Å². The summed E-state index contributed by atoms with van der Waals surface area (Å²) in [6, 6.07) is 0.286. The molecule has 0 aromatic carbocycles. The molecule has 116 valence electrons. The number of nitrogens with one attached hydrogen (secondary N) is 1. The topological polar surface area (TPSA) is 64.3 Å². The normalized spacial score (nSPS) is 28.8. The van der Waals surface area contributed by atoms with Crippen LogP contribution in [0.1, 0.15) is 72.1 Å². The van der Waals surface area contributed by atoms with Crippen LogP contribution in [0, 0.1) is 5.92 Å². The number of nitrogens with two attached hydrogens (primary N) is 1. The van der Waals surface area contributed by atoms with Gasteiger partial charge in [-0.05, 0) is 78.1 Å². The Balaban J connectivity index is 1.62. The molecule has 3 N–H and O–H groups in total. The van der Waals surface area contributed by atoms with Crippen molar-refractivity contribution in [3.8, 4) is 0 Å². The monoisotopic (exact) mass is 282 g/mol. The van der Waals surface area contributed by atoms with E-state index in [1.54, 1.807) is 0 Å². The number of rotatable bonds is 4. The predicted molar refractivity (Wildman–Crippen MR) is 80.5 cm³/mol. The van der Waals surface area contributed by atoms with E-state index in [4.69, 9.17) is 10.5 Å². The average Bonchev–Trinajstić information content (AvgIpc) is 3.05. The van der Waals surface area contributed by atoms with Gasteiger partial charge in [0.2, 0.25) is 0 Å². The molecule has 0 aliphatic heterocycles. The molecular formula is C16H30N2O2. The first-order chi connectivity index (χ1) is 9.26. The summed E-state index contributed by atoms with van der Waals surface area (Å²) in [7, 11) is 0. The molecule has 0 spiro atoms. The molecule has 2 saturated carbocycles. The van der Waals surface area contributed by atoms with Crippen LogP contribution >= 0.6 is 0 Å². The summed E-state index contributed by atoms with van der Waals surface area (Å²) in [4.78, 5) is 11.7. The van der Waals surface area contributed by atoms with E-state index in [0.29, 0.717) is 0 Å². The molecule has 0 atom stereocenters. The molecule has 0 heterocycles. The Hall–Kier alpha value is -0.770. The van der Waals surface area contributed by atoms with Crippen LogP contribution in [0.3, 0.4) is 0 Å². The lowest BCUT2D eigenvalue weighted by molar-refractivity contribution is 0.0486. The minimum absolute atomic E-state index is 0.186. The second-order valence-corrected chi connectivity index (χ2v) is 7.76. The highest BCUT2D eigenvalue weighted by molar-refractivity contribution is 5.68. The third-order valence-electron chi connectivity index (χ3n) is 4.51. The maximum atomic E-state index is 11.7. The molecule has 1 amide bonds. The summed E-state index contributed by atoms with van der Waals surface area (Å²) in [6.07, 6.45) is 9.14. The molecular weight excluding hydrogens is 252 g/mol. The third-order valence-corrected chi connectivity index (χ3v) is 4.51. The maximum absolute atomic E-state index is 11.7. The number of amides is 1. The predicted octanol–water partition coefficient (Wildman–Crippen LogP) is 3.34. The van der Waals surface area contributed by atoms with Crippen molar-refractivity contribution in [2.24, 2.45) is 11.7 Å². The number of hydrogen-bond donors (Lipinski definition) is 2. The van der Waals surface area contributed by atoms with Gasteiger partial charge in [-0.25, -0.2) is 4.79 Å². The van der Waals surface area contributed by atoms with E-state index in [0.717, 1.165) is 18.8 Å². The Kier molecular flexibility index (Phi) is 4.62. The smallest absolute Gasteiger partial charge is 0.407 e. The van der Waals surface area contributed by atoms with Gasteiger partial charge >= 0.3 is 6.09 Å². The van der Waals surface area contributed by atoms with Gasteiger partial charge in [0.25, 0.3) is 0 Å². The highest BCUT2D eigenvalue weighted by atomic mass is 16.6. The average molecular weight is 282 g/mol. The number of alkyl carbamates (subject to hydrolysis) is 1. The number of hydrogen-bond acceptors (Lipinski definition) is 3. The van der Waals surface area contributed by atoms with Gasteiger partial charge in [0.05, 0.1) is 0 Å². The molecule has 0 unspecified atom stereocenters. The van der Waals surface area contributed by atoms with Crippen molar-refractivity contribution < 1.29 is 9.53 Å². The van der Waals surface area contributed by atoms with Crippen LogP contribution in [0.5, 0.6) is 0 Å². The molecule has 0 radical (unpaired) electrons. The van der Waals surface area contributed by atoms with Crippen LogP contribution in [0.25, 0.3) is 0 Å². The van der Waals surface area contributed by atoms with Gasteiger partial charge in [-0.15, -0.1) is 0 Å². The molecule has 0 aromatic heterocycles. The van der Waals surface area contributed by atoms with E-state index >= 15 is 0 Å². The van der Waals surface area contributed by atoms with Gasteiger partial charge in [0, 0.05) is 11.6 Å². The lowest BCUT2D eigenvalue weighted by Crippen LogP contribution is -2.41. The summed E-state index contributed by atoms with van der Waals surface area (Å²) in [5, 5.41) is 2.99. The van der Waals surface area contributed by atoms with Gasteiger partial charge in [0.1, 0.15) is 5.60 Å². The summed E-state index contributed by atoms with van der Waals surface area (Å²) in [6.45, 7) is 5.68. The molecule has 20 heavy (non-hydrogen) atoms. The molecule has 2 aliphatic carbocycles. The first-order valence-corrected chi connectivity index (χ1v) is 8.04. The van der Waals surface area contributed by atoms with Gasteiger partial charge in [-0.2, -0.15) is 0 Å². The second-order valence-electron chi connectivity index (χ2n) is 7.76. The Morgan fingerprint density at radius 2 is 1.85 bits per heavy atom. The van der Waals surface area contributed by atoms with Crippen molar-refractivity contribution in [1.29, 1.82) is 0 Å². The Labute approximate surface area is 122 Å². The molecule has 0 aromatic rings. The van der Waals surface area contributed by atoms with Crippen LogP contribution < -0.4 is 11.1 Å². The van der Waals surface area contributed by atoms with E-state index in [1.807, 2.05) is 20.8 Å². The second kappa shape index (κ2) is 5.92. The zero-order valence-corrected chi connectivity index (χ0v) is 13.2. The Bertz CT molecular complexity index is 337. The van der Waals surface area contributed by atoms with E-state index in [9.17, 15) is 4.79 Å². The van der Waals surface area contributed by atoms with Crippen molar-refractivity contribution in [3.63, 3.8) is 0 Å². The summed E-state index contributed by atoms with van der Waals surface area (Å²) in [5.74, 6) is 0.799. The SMILES string of the molecule is CC(C)(C)OC(=O)NC1CCC(CCC2(N)CC2)CC1. The molecule has 0 bridgehead atoms. The highest BCUT2D eigenvalue weighted by Crippen LogP contribution is 2.39. The molecule has 2 rings (SSSR count). The lowest BCUT2D eigenvalue weighted by Gasteiger charge is -2.30. The standard InChI is InChI=1S/C16H30N2O2/c1-15(2,3)20-14(19)18-13-6-4-12(5-7-13)8-9-16(17)10-11-16/h12-13H,4-11,17H2,1-3H3,(H,18,19). The van der Waals surface area contributed by atoms with Crippen molar-refractivity contribution in [2.75, 3.05) is 0 Å². The fourth-order valence-electron chi connectivity index (χ4n) is 2.97. The number of ether oxygens (including phenoxy) is 1. The first-order valence-electron chi connectivity index (χ1n) is 8.04. The van der Waals surface area contributed by atoms with Crippen LogP contribution in [-0.4, -0.2) is 23.3 Å². The van der Waals surface area contributed by atoms with E-state index in [-0.39, 0.29) is 17.7 Å². The lowest BCUT2D eigenvalue weighted by atomic mass is 9.82. The fraction of sp³-hybridized carbons (Fsp3) is 0.938. The first kappa shape index (κ1) is 15.6. The molecule has 4 heteroatoms.